The van der Waals surface area contributed by atoms with Crippen LogP contribution in [0.1, 0.15) is 110 Å². The maximum absolute atomic E-state index is 14.4. The summed E-state index contributed by atoms with van der Waals surface area (Å²) in [4.78, 5) is 85.6. The molecule has 428 valence electrons. The zero-order valence-electron chi connectivity index (χ0n) is 44.8. The number of hydrogen-bond acceptors (Lipinski definition) is 18. The quantitative estimate of drug-likeness (QED) is 0.0265. The van der Waals surface area contributed by atoms with Gasteiger partial charge >= 0.3 is 15.6 Å². The van der Waals surface area contributed by atoms with Crippen LogP contribution >= 0.6 is 23.5 Å². The van der Waals surface area contributed by atoms with E-state index in [2.05, 4.69) is 98.5 Å². The lowest BCUT2D eigenvalue weighted by molar-refractivity contribution is -0.218. The Morgan fingerprint density at radius 3 is 2.46 bits per heavy atom. The third kappa shape index (κ3) is 13.5. The molecule has 3 unspecified atom stereocenters. The van der Waals surface area contributed by atoms with E-state index in [1.165, 1.54) is 22.0 Å². The smallest absolute Gasteiger partial charge is 0.487 e. The minimum atomic E-state index is -5.89. The van der Waals surface area contributed by atoms with E-state index in [4.69, 9.17) is 10.5 Å². The van der Waals surface area contributed by atoms with Gasteiger partial charge in [-0.3, -0.25) is 33.0 Å². The number of aromatic nitrogens is 4. The molecule has 3 aromatic carbocycles. The maximum atomic E-state index is 14.4. The van der Waals surface area contributed by atoms with Gasteiger partial charge < -0.3 is 55.0 Å². The molecule has 5 aromatic rings. The molecule has 3 aliphatic rings. The highest BCUT2D eigenvalue weighted by atomic mass is 31.3. The number of carbonyl (C=O) groups is 2. The third-order valence-corrected chi connectivity index (χ3v) is 18.7. The highest BCUT2D eigenvalue weighted by Gasteiger charge is 2.47. The molecule has 0 spiro atoms. The number of fused-ring (bicyclic) bond motifs is 4. The molecule has 25 nitrogen and oxygen atoms in total. The summed E-state index contributed by atoms with van der Waals surface area (Å²) < 4.78 is 63.8. The summed E-state index contributed by atoms with van der Waals surface area (Å²) >= 11 is 0. The minimum absolute atomic E-state index is 0.127. The van der Waals surface area contributed by atoms with Crippen molar-refractivity contribution in [2.75, 3.05) is 71.2 Å². The highest BCUT2D eigenvalue weighted by molar-refractivity contribution is 7.66. The first-order valence-electron chi connectivity index (χ1n) is 26.0. The minimum Gasteiger partial charge on any atom is -0.756 e. The molecule has 28 heteroatoms. The second-order valence-corrected chi connectivity index (χ2v) is 25.1. The average Bonchev–Trinajstić information content (AvgIpc) is 4.11. The Balaban J connectivity index is 0.764. The zero-order valence-corrected chi connectivity index (χ0v) is 47.5. The fourth-order valence-electron chi connectivity index (χ4n) is 10.3. The van der Waals surface area contributed by atoms with E-state index in [9.17, 15) is 53.0 Å². The molecule has 8 N–H and O–H groups in total. The summed E-state index contributed by atoms with van der Waals surface area (Å²) in [5.41, 5.74) is 12.6. The van der Waals surface area contributed by atoms with Gasteiger partial charge in [-0.2, -0.15) is 9.29 Å². The van der Waals surface area contributed by atoms with E-state index < -0.39 is 66.8 Å². The van der Waals surface area contributed by atoms with Crippen LogP contribution in [0.3, 0.4) is 0 Å². The highest BCUT2D eigenvalue weighted by Crippen LogP contribution is 2.66. The number of benzene rings is 3. The Kier molecular flexibility index (Phi) is 18.3. The second kappa shape index (κ2) is 24.3. The van der Waals surface area contributed by atoms with Crippen LogP contribution in [0.2, 0.25) is 0 Å². The number of aryl methyl sites for hydroxylation is 1. The number of nitrogens with one attached hydrogen (secondary N) is 2. The van der Waals surface area contributed by atoms with Gasteiger partial charge in [-0.25, -0.2) is 23.0 Å². The first-order valence-corrected chi connectivity index (χ1v) is 30.4. The Bertz CT molecular complexity index is 3460. The van der Waals surface area contributed by atoms with Gasteiger partial charge in [-0.1, -0.05) is 51.0 Å². The van der Waals surface area contributed by atoms with Crippen molar-refractivity contribution in [1.82, 2.24) is 34.3 Å². The van der Waals surface area contributed by atoms with Crippen molar-refractivity contribution in [2.24, 2.45) is 0 Å². The van der Waals surface area contributed by atoms with Crippen LogP contribution in [-0.4, -0.2) is 135 Å². The van der Waals surface area contributed by atoms with Crippen LogP contribution in [0.15, 0.2) is 65.7 Å². The van der Waals surface area contributed by atoms with Crippen LogP contribution in [0.25, 0.3) is 16.7 Å². The number of nitrogens with zero attached hydrogens (tertiary/aromatic N) is 6. The lowest BCUT2D eigenvalue weighted by atomic mass is 9.68. The molecule has 1 fully saturated rings. The maximum Gasteiger partial charge on any atom is 0.487 e. The summed E-state index contributed by atoms with van der Waals surface area (Å²) in [6.45, 7) is 7.84. The lowest BCUT2D eigenvalue weighted by Gasteiger charge is -2.36. The number of nitrogens with two attached hydrogens (primary N) is 1. The number of ether oxygens (including phenoxy) is 1. The van der Waals surface area contributed by atoms with Gasteiger partial charge in [-0.05, 0) is 89.9 Å². The van der Waals surface area contributed by atoms with Crippen molar-refractivity contribution in [3.05, 3.63) is 115 Å². The molecule has 0 radical (unpaired) electrons. The van der Waals surface area contributed by atoms with Crippen LogP contribution in [0, 0.1) is 0 Å². The van der Waals surface area contributed by atoms with Crippen molar-refractivity contribution in [3.63, 3.8) is 0 Å². The van der Waals surface area contributed by atoms with Crippen molar-refractivity contribution < 1.29 is 70.6 Å². The number of H-pyrrole nitrogens is 1. The molecule has 2 aromatic heterocycles. The van der Waals surface area contributed by atoms with Crippen molar-refractivity contribution in [2.45, 2.75) is 102 Å². The first-order chi connectivity index (χ1) is 37.3. The topological polar surface area (TPSA) is 347 Å². The summed E-state index contributed by atoms with van der Waals surface area (Å²) in [5.74, 6) is -0.637. The molecule has 7 atom stereocenters. The predicted octanol–water partition coefficient (Wildman–Crippen LogP) is 2.70. The van der Waals surface area contributed by atoms with Crippen molar-refractivity contribution in [3.8, 4) is 0 Å². The van der Waals surface area contributed by atoms with Gasteiger partial charge in [-0.15, -0.1) is 0 Å². The monoisotopic (exact) mass is 1160 g/mol. The molecular formula is C51H68N9O16P3. The number of amides is 2. The summed E-state index contributed by atoms with van der Waals surface area (Å²) in [6, 6.07) is 19.1. The molecule has 4 heterocycles. The fourth-order valence-corrected chi connectivity index (χ4v) is 13.9. The van der Waals surface area contributed by atoms with E-state index in [0.29, 0.717) is 44.3 Å². The summed E-state index contributed by atoms with van der Waals surface area (Å²) in [7, 11) is -11.3. The number of anilines is 2. The predicted molar refractivity (Wildman–Crippen MR) is 289 cm³/mol. The number of rotatable bonds is 24. The van der Waals surface area contributed by atoms with Crippen LogP contribution in [0.5, 0.6) is 0 Å². The van der Waals surface area contributed by atoms with Crippen molar-refractivity contribution in [1.29, 1.82) is 0 Å². The number of phosphoric ester groups is 2. The number of aliphatic hydroxyl groups excluding tert-OH is 2. The summed E-state index contributed by atoms with van der Waals surface area (Å²) in [5, 5.41) is 26.4. The van der Waals surface area contributed by atoms with E-state index in [0.717, 1.165) is 64.4 Å². The van der Waals surface area contributed by atoms with Gasteiger partial charge in [0, 0.05) is 75.4 Å². The standard InChI is InChI=1S/C51H68N9O16P3/c1-7-59-24-14-16-31-26-36-38(28-39(31)59)51(2,3)37-27-32(57(4)5)20-21-35(37)42(36)33-17-10-11-18-34(33)48(65)58(6)23-15-19-41(61)53-22-12-8-9-13-25-72-77(66,67)75-79(70,71)76-78(68,69)73-29-40-44(62)45(63)49(74-40)60-30-54-43-46(60)55-50(52)56-47(43)64/h10-11,17-18,20-21,26-28,30,40,44-45,49,62-63H,7-9,12-16,19,22-25,29H2,1-6H3,(H6-,52,53,55,56,61,64,66,67,68,69,70,71)/t40-,44-,45-,49-/m1/s1. The number of phosphoric acid groups is 3. The van der Waals surface area contributed by atoms with Gasteiger partial charge in [0.15, 0.2) is 17.4 Å². The summed E-state index contributed by atoms with van der Waals surface area (Å²) in [6.07, 6.45) is -1.20. The Hall–Kier alpha value is -5.49. The van der Waals surface area contributed by atoms with E-state index in [1.807, 2.05) is 38.4 Å². The lowest BCUT2D eigenvalue weighted by Crippen LogP contribution is -2.43. The number of unbranched alkanes of at least 4 members (excludes halogenated alkanes) is 3. The zero-order chi connectivity index (χ0) is 57.2. The van der Waals surface area contributed by atoms with Crippen molar-refractivity contribution >= 4 is 63.7 Å². The van der Waals surface area contributed by atoms with Gasteiger partial charge in [0.05, 0.1) is 19.5 Å². The molecule has 0 saturated carbocycles. The third-order valence-electron chi connectivity index (χ3n) is 14.4. The molecule has 79 heavy (non-hydrogen) atoms. The number of nitrogen functional groups attached to an aromatic ring is 1. The van der Waals surface area contributed by atoms with E-state index in [-0.39, 0.29) is 47.2 Å². The molecule has 2 amide bonds. The van der Waals surface area contributed by atoms with Crippen LogP contribution in [0.4, 0.5) is 11.6 Å². The average molecular weight is 1160 g/mol. The number of imidazole rings is 1. The fraction of sp³-hybridized carbons (Fsp3) is 0.490. The Labute approximate surface area is 455 Å². The molecule has 2 aliphatic heterocycles. The van der Waals surface area contributed by atoms with Crippen LogP contribution < -0.4 is 41.6 Å². The van der Waals surface area contributed by atoms with Gasteiger partial charge in [0.1, 0.15) is 31.4 Å². The molecule has 8 rings (SSSR count). The normalized spacial score (nSPS) is 20.8. The number of aromatic amines is 1. The second-order valence-electron chi connectivity index (χ2n) is 20.5. The van der Waals surface area contributed by atoms with Gasteiger partial charge in [0.2, 0.25) is 17.2 Å². The Morgan fingerprint density at radius 1 is 0.962 bits per heavy atom. The number of carbonyl (C=O) groups excluding carboxylic acids is 2. The first kappa shape index (κ1) is 59.6. The largest absolute Gasteiger partial charge is 0.756 e. The molecular weight excluding hydrogens is 1090 g/mol. The number of aliphatic hydroxyl groups is 2. The molecule has 1 aliphatic carbocycles. The molecule has 1 saturated heterocycles. The SMILES string of the molecule is CC[N+]1=c2cc3c(cc2CCC1)=C(c1ccccc1C(=O)N(C)CCCC(=O)NCCCCCCOP(=O)([O-])OP(=O)(O)OP(=O)(O)OC[C@H]1O[C@@H](n2cnc4c(=O)[nH]c(N)nc42)[C@H](O)[C@@H]1O)c1ccc(N(C)C)cc1C3(C)C. The Morgan fingerprint density at radius 2 is 1.71 bits per heavy atom. The van der Waals surface area contributed by atoms with Crippen LogP contribution in [-0.2, 0) is 52.7 Å². The van der Waals surface area contributed by atoms with Gasteiger partial charge in [0.25, 0.3) is 19.3 Å². The van der Waals surface area contributed by atoms with E-state index in [1.54, 1.807) is 11.9 Å². The number of hydrogen-bond donors (Lipinski definition) is 7. The van der Waals surface area contributed by atoms with E-state index >= 15 is 0 Å². The molecule has 0 bridgehead atoms.